The molecule has 0 atom stereocenters. The van der Waals surface area contributed by atoms with E-state index in [1.807, 2.05) is 6.07 Å². The lowest BCUT2D eigenvalue weighted by atomic mass is 10.2. The minimum Gasteiger partial charge on any atom is -0.368 e. The summed E-state index contributed by atoms with van der Waals surface area (Å²) < 4.78 is 0. The molecule has 78 valence electrons. The third kappa shape index (κ3) is 2.95. The molecule has 5 heteroatoms. The summed E-state index contributed by atoms with van der Waals surface area (Å²) in [7, 11) is 1.70. The second kappa shape index (κ2) is 4.42. The highest BCUT2D eigenvalue weighted by Gasteiger charge is 2.07. The first-order valence-corrected chi connectivity index (χ1v) is 4.41. The highest BCUT2D eigenvalue weighted by atomic mass is 16.1. The number of nitrogens with two attached hydrogens (primary N) is 1. The van der Waals surface area contributed by atoms with Crippen molar-refractivity contribution >= 4 is 11.7 Å². The van der Waals surface area contributed by atoms with Gasteiger partial charge in [-0.1, -0.05) is 0 Å². The maximum Gasteiger partial charge on any atom is 0.236 e. The number of anilines is 1. The minimum absolute atomic E-state index is 0.0846. The number of primary amides is 1. The fourth-order valence-corrected chi connectivity index (χ4v) is 1.23. The van der Waals surface area contributed by atoms with Crippen LogP contribution in [0.5, 0.6) is 0 Å². The fraction of sp³-hybridized carbons (Fsp3) is 0.300. The lowest BCUT2D eigenvalue weighted by Crippen LogP contribution is -2.31. The van der Waals surface area contributed by atoms with Crippen molar-refractivity contribution < 1.29 is 4.79 Å². The molecule has 0 unspecified atom stereocenters. The molecular weight excluding hydrogens is 192 g/mol. The molecule has 2 N–H and O–H groups in total. The molecule has 0 fully saturated rings. The van der Waals surface area contributed by atoms with Gasteiger partial charge < -0.3 is 10.6 Å². The Morgan fingerprint density at radius 2 is 2.33 bits per heavy atom. The lowest BCUT2D eigenvalue weighted by Gasteiger charge is -2.16. The quantitative estimate of drug-likeness (QED) is 0.761. The van der Waals surface area contributed by atoms with Crippen molar-refractivity contribution in [1.29, 1.82) is 5.26 Å². The molecule has 1 rings (SSSR count). The second-order valence-electron chi connectivity index (χ2n) is 3.29. The van der Waals surface area contributed by atoms with E-state index < -0.39 is 5.91 Å². The lowest BCUT2D eigenvalue weighted by molar-refractivity contribution is -0.116. The van der Waals surface area contributed by atoms with Crippen molar-refractivity contribution in [2.75, 3.05) is 18.5 Å². The Kier molecular flexibility index (Phi) is 3.24. The molecule has 0 bridgehead atoms. The summed E-state index contributed by atoms with van der Waals surface area (Å²) in [5.41, 5.74) is 6.32. The van der Waals surface area contributed by atoms with Crippen molar-refractivity contribution in [2.24, 2.45) is 5.73 Å². The molecule has 0 radical (unpaired) electrons. The predicted molar refractivity (Wildman–Crippen MR) is 56.2 cm³/mol. The Morgan fingerprint density at radius 1 is 1.67 bits per heavy atom. The van der Waals surface area contributed by atoms with Crippen LogP contribution in [0.3, 0.4) is 0 Å². The van der Waals surface area contributed by atoms with Gasteiger partial charge in [0, 0.05) is 12.7 Å². The number of carbonyl (C=O) groups excluding carboxylic acids is 1. The molecule has 1 aromatic heterocycles. The summed E-state index contributed by atoms with van der Waals surface area (Å²) >= 11 is 0. The van der Waals surface area contributed by atoms with Gasteiger partial charge in [0.25, 0.3) is 0 Å². The number of carbonyl (C=O) groups is 1. The number of amides is 1. The highest BCUT2D eigenvalue weighted by molar-refractivity contribution is 5.79. The normalized spacial score (nSPS) is 9.40. The van der Waals surface area contributed by atoms with Gasteiger partial charge in [-0.05, 0) is 19.1 Å². The molecule has 0 aliphatic heterocycles. The average Bonchev–Trinajstić information content (AvgIpc) is 2.15. The van der Waals surface area contributed by atoms with Crippen LogP contribution in [0.15, 0.2) is 12.1 Å². The number of hydrogen-bond acceptors (Lipinski definition) is 4. The van der Waals surface area contributed by atoms with Gasteiger partial charge in [-0.15, -0.1) is 0 Å². The Hall–Kier alpha value is -2.09. The third-order valence-corrected chi connectivity index (χ3v) is 1.85. The van der Waals surface area contributed by atoms with Crippen molar-refractivity contribution in [2.45, 2.75) is 6.92 Å². The molecule has 0 aliphatic carbocycles. The first kappa shape index (κ1) is 11.0. The number of hydrogen-bond donors (Lipinski definition) is 1. The molecule has 0 aromatic carbocycles. The number of likely N-dealkylation sites (N-methyl/N-ethyl adjacent to an activating group) is 1. The minimum atomic E-state index is -0.431. The van der Waals surface area contributed by atoms with Crippen LogP contribution in [0.4, 0.5) is 5.82 Å². The van der Waals surface area contributed by atoms with Crippen LogP contribution in [-0.4, -0.2) is 24.5 Å². The van der Waals surface area contributed by atoms with Gasteiger partial charge in [-0.3, -0.25) is 4.79 Å². The Labute approximate surface area is 88.1 Å². The molecule has 15 heavy (non-hydrogen) atoms. The summed E-state index contributed by atoms with van der Waals surface area (Å²) in [6, 6.07) is 5.34. The van der Waals surface area contributed by atoms with Crippen LogP contribution in [-0.2, 0) is 4.79 Å². The van der Waals surface area contributed by atoms with Gasteiger partial charge in [-0.25, -0.2) is 4.98 Å². The molecule has 0 spiro atoms. The maximum atomic E-state index is 10.7. The first-order valence-electron chi connectivity index (χ1n) is 4.41. The zero-order valence-corrected chi connectivity index (χ0v) is 8.69. The number of rotatable bonds is 3. The second-order valence-corrected chi connectivity index (χ2v) is 3.29. The highest BCUT2D eigenvalue weighted by Crippen LogP contribution is 2.12. The number of aromatic nitrogens is 1. The van der Waals surface area contributed by atoms with Crippen LogP contribution >= 0.6 is 0 Å². The van der Waals surface area contributed by atoms with E-state index in [1.165, 1.54) is 0 Å². The number of nitrogens with zero attached hydrogens (tertiary/aromatic N) is 3. The molecule has 1 amide bonds. The van der Waals surface area contributed by atoms with E-state index >= 15 is 0 Å². The predicted octanol–water partition coefficient (Wildman–Crippen LogP) is 0.183. The van der Waals surface area contributed by atoms with Crippen molar-refractivity contribution in [3.8, 4) is 6.07 Å². The van der Waals surface area contributed by atoms with E-state index in [-0.39, 0.29) is 6.54 Å². The SMILES string of the molecule is Cc1cc(C#N)cc(N(C)CC(N)=O)n1. The van der Waals surface area contributed by atoms with Gasteiger partial charge in [0.1, 0.15) is 5.82 Å². The molecule has 1 aromatic rings. The van der Waals surface area contributed by atoms with E-state index in [9.17, 15) is 4.79 Å². The van der Waals surface area contributed by atoms with Gasteiger partial charge in [0.15, 0.2) is 0 Å². The summed E-state index contributed by atoms with van der Waals surface area (Å²) in [5, 5.41) is 8.76. The third-order valence-electron chi connectivity index (χ3n) is 1.85. The standard InChI is InChI=1S/C10H12N4O/c1-7-3-8(5-11)4-10(13-7)14(2)6-9(12)15/h3-4H,6H2,1-2H3,(H2,12,15). The number of pyridine rings is 1. The van der Waals surface area contributed by atoms with Gasteiger partial charge in [-0.2, -0.15) is 5.26 Å². The molecule has 5 nitrogen and oxygen atoms in total. The molecule has 1 heterocycles. The van der Waals surface area contributed by atoms with Gasteiger partial charge in [0.2, 0.25) is 5.91 Å². The van der Waals surface area contributed by atoms with Crippen LogP contribution in [0.2, 0.25) is 0 Å². The van der Waals surface area contributed by atoms with Crippen LogP contribution in [0.25, 0.3) is 0 Å². The maximum absolute atomic E-state index is 10.7. The average molecular weight is 204 g/mol. The summed E-state index contributed by atoms with van der Waals surface area (Å²) in [4.78, 5) is 16.5. The largest absolute Gasteiger partial charge is 0.368 e. The molecule has 0 aliphatic rings. The van der Waals surface area contributed by atoms with Gasteiger partial charge >= 0.3 is 0 Å². The van der Waals surface area contributed by atoms with E-state index in [0.717, 1.165) is 5.69 Å². The van der Waals surface area contributed by atoms with Crippen molar-refractivity contribution in [3.63, 3.8) is 0 Å². The number of aryl methyl sites for hydroxylation is 1. The zero-order chi connectivity index (χ0) is 11.4. The van der Waals surface area contributed by atoms with E-state index in [1.54, 1.807) is 31.0 Å². The summed E-state index contributed by atoms with van der Waals surface area (Å²) in [6.45, 7) is 1.88. The van der Waals surface area contributed by atoms with E-state index in [4.69, 9.17) is 11.0 Å². The Balaban J connectivity index is 2.99. The smallest absolute Gasteiger partial charge is 0.236 e. The molecule has 0 saturated carbocycles. The Bertz CT molecular complexity index is 422. The van der Waals surface area contributed by atoms with E-state index in [2.05, 4.69) is 4.98 Å². The summed E-state index contributed by atoms with van der Waals surface area (Å²) in [5.74, 6) is 0.143. The Morgan fingerprint density at radius 3 is 2.87 bits per heavy atom. The molecule has 0 saturated heterocycles. The van der Waals surface area contributed by atoms with Crippen molar-refractivity contribution in [3.05, 3.63) is 23.4 Å². The zero-order valence-electron chi connectivity index (χ0n) is 8.69. The van der Waals surface area contributed by atoms with Crippen molar-refractivity contribution in [1.82, 2.24) is 4.98 Å². The van der Waals surface area contributed by atoms with Crippen LogP contribution < -0.4 is 10.6 Å². The van der Waals surface area contributed by atoms with E-state index in [0.29, 0.717) is 11.4 Å². The monoisotopic (exact) mass is 204 g/mol. The van der Waals surface area contributed by atoms with Crippen LogP contribution in [0, 0.1) is 18.3 Å². The first-order chi connectivity index (χ1) is 7.02. The number of nitriles is 1. The molecular formula is C10H12N4O. The summed E-state index contributed by atoms with van der Waals surface area (Å²) in [6.07, 6.45) is 0. The fourth-order valence-electron chi connectivity index (χ4n) is 1.23. The van der Waals surface area contributed by atoms with Gasteiger partial charge in [0.05, 0.1) is 18.2 Å². The topological polar surface area (TPSA) is 83.0 Å². The van der Waals surface area contributed by atoms with Crippen LogP contribution in [0.1, 0.15) is 11.3 Å².